The minimum absolute atomic E-state index is 0.622. The Morgan fingerprint density at radius 1 is 0.385 bits per heavy atom. The molecule has 0 spiro atoms. The van der Waals surface area contributed by atoms with Gasteiger partial charge in [-0.1, -0.05) is 121 Å². The maximum Gasteiger partial charge on any atom is 0.227 e. The summed E-state index contributed by atoms with van der Waals surface area (Å²) in [6.07, 6.45) is 0. The summed E-state index contributed by atoms with van der Waals surface area (Å²) in [5.74, 6) is 1.31. The molecule has 52 heavy (non-hydrogen) atoms. The second kappa shape index (κ2) is 12.5. The predicted octanol–water partition coefficient (Wildman–Crippen LogP) is 12.4. The smallest absolute Gasteiger partial charge is 0.227 e. The van der Waals surface area contributed by atoms with E-state index in [9.17, 15) is 0 Å². The zero-order valence-corrected chi connectivity index (χ0v) is 28.6. The van der Waals surface area contributed by atoms with Gasteiger partial charge in [-0.3, -0.25) is 0 Å². The highest BCUT2D eigenvalue weighted by molar-refractivity contribution is 7.21. The molecule has 0 saturated heterocycles. The third-order valence-electron chi connectivity index (χ3n) is 9.40. The molecule has 0 unspecified atom stereocenters. The highest BCUT2D eigenvalue weighted by Gasteiger charge is 2.14. The highest BCUT2D eigenvalue weighted by Crippen LogP contribution is 2.34. The van der Waals surface area contributed by atoms with Crippen molar-refractivity contribution in [2.24, 2.45) is 0 Å². The van der Waals surface area contributed by atoms with Crippen LogP contribution in [0.25, 0.3) is 99.1 Å². The second-order valence-electron chi connectivity index (χ2n) is 12.7. The Labute approximate surface area is 303 Å². The van der Waals surface area contributed by atoms with E-state index in [1.54, 1.807) is 11.3 Å². The molecule has 7 aromatic carbocycles. The third-order valence-corrected chi connectivity index (χ3v) is 10.5. The van der Waals surface area contributed by atoms with Gasteiger partial charge in [0, 0.05) is 27.8 Å². The first-order chi connectivity index (χ1) is 25.7. The van der Waals surface area contributed by atoms with Crippen LogP contribution in [0.1, 0.15) is 0 Å². The van der Waals surface area contributed by atoms with Crippen molar-refractivity contribution in [3.8, 4) is 67.1 Å². The molecule has 0 aliphatic rings. The standard InChI is InChI=1S/C46H28N4OS/c1-2-8-36-27-37(26-17-29(36)7-1)44-47-40(28-41(48-44)33-20-24-35(25-21-33)46-50-39-10-4-6-12-43(39)52-46)32-18-13-30(14-19-32)31-15-22-34(23-16-31)45-49-38-9-3-5-11-42(38)51-45/h1-28H. The number of rotatable bonds is 6. The van der Waals surface area contributed by atoms with Crippen molar-refractivity contribution in [2.45, 2.75) is 0 Å². The van der Waals surface area contributed by atoms with Crippen molar-refractivity contribution in [1.29, 1.82) is 0 Å². The summed E-state index contributed by atoms with van der Waals surface area (Å²) in [5.41, 5.74) is 11.7. The molecule has 0 amide bonds. The topological polar surface area (TPSA) is 64.7 Å². The summed E-state index contributed by atoms with van der Waals surface area (Å²) in [6, 6.07) is 58.4. The van der Waals surface area contributed by atoms with Crippen molar-refractivity contribution >= 4 is 43.4 Å². The summed E-state index contributed by atoms with van der Waals surface area (Å²) in [7, 11) is 0. The number of thiazole rings is 1. The van der Waals surface area contributed by atoms with Gasteiger partial charge < -0.3 is 4.42 Å². The Balaban J connectivity index is 0.996. The summed E-state index contributed by atoms with van der Waals surface area (Å²) >= 11 is 1.71. The van der Waals surface area contributed by atoms with E-state index in [-0.39, 0.29) is 0 Å². The molecule has 5 nitrogen and oxygen atoms in total. The van der Waals surface area contributed by atoms with Gasteiger partial charge in [0.2, 0.25) is 5.89 Å². The summed E-state index contributed by atoms with van der Waals surface area (Å²) < 4.78 is 7.17. The number of oxazole rings is 1. The van der Waals surface area contributed by atoms with Crippen molar-refractivity contribution in [3.05, 3.63) is 170 Å². The fourth-order valence-corrected chi connectivity index (χ4v) is 7.59. The second-order valence-corrected chi connectivity index (χ2v) is 13.8. The van der Waals surface area contributed by atoms with E-state index in [0.717, 1.165) is 77.3 Å². The van der Waals surface area contributed by atoms with Gasteiger partial charge in [-0.2, -0.15) is 0 Å². The maximum absolute atomic E-state index is 5.98. The van der Waals surface area contributed by atoms with Crippen LogP contribution < -0.4 is 0 Å². The zero-order valence-electron chi connectivity index (χ0n) is 27.8. The van der Waals surface area contributed by atoms with Crippen LogP contribution in [0.5, 0.6) is 0 Å². The van der Waals surface area contributed by atoms with E-state index in [0.29, 0.717) is 11.7 Å². The van der Waals surface area contributed by atoms with Crippen LogP contribution in [-0.2, 0) is 0 Å². The number of nitrogens with zero attached hydrogens (tertiary/aromatic N) is 4. The van der Waals surface area contributed by atoms with Crippen LogP contribution in [-0.4, -0.2) is 19.9 Å². The van der Waals surface area contributed by atoms with Gasteiger partial charge in [0.15, 0.2) is 11.4 Å². The Morgan fingerprint density at radius 2 is 0.942 bits per heavy atom. The fraction of sp³-hybridized carbons (Fsp3) is 0. The Morgan fingerprint density at radius 3 is 1.63 bits per heavy atom. The van der Waals surface area contributed by atoms with Crippen molar-refractivity contribution in [3.63, 3.8) is 0 Å². The number of benzene rings is 7. The molecule has 6 heteroatoms. The summed E-state index contributed by atoms with van der Waals surface area (Å²) in [6.45, 7) is 0. The summed E-state index contributed by atoms with van der Waals surface area (Å²) in [4.78, 5) is 19.8. The molecule has 3 aromatic heterocycles. The first-order valence-corrected chi connectivity index (χ1v) is 17.9. The van der Waals surface area contributed by atoms with Crippen molar-refractivity contribution in [2.75, 3.05) is 0 Å². The molecular formula is C46H28N4OS. The highest BCUT2D eigenvalue weighted by atomic mass is 32.1. The molecule has 10 aromatic rings. The van der Waals surface area contributed by atoms with Crippen molar-refractivity contribution < 1.29 is 4.42 Å². The first-order valence-electron chi connectivity index (χ1n) is 17.1. The van der Waals surface area contributed by atoms with Gasteiger partial charge in [-0.15, -0.1) is 11.3 Å². The van der Waals surface area contributed by atoms with Gasteiger partial charge >= 0.3 is 0 Å². The van der Waals surface area contributed by atoms with Gasteiger partial charge in [0.1, 0.15) is 10.5 Å². The molecule has 244 valence electrons. The van der Waals surface area contributed by atoms with Crippen LogP contribution in [0.3, 0.4) is 0 Å². The first kappa shape index (κ1) is 30.1. The molecule has 0 bridgehead atoms. The molecule has 0 atom stereocenters. The lowest BCUT2D eigenvalue weighted by molar-refractivity contribution is 0.620. The quantitative estimate of drug-likeness (QED) is 0.174. The Bertz CT molecular complexity index is 2830. The number of hydrogen-bond acceptors (Lipinski definition) is 6. The fourth-order valence-electron chi connectivity index (χ4n) is 6.61. The maximum atomic E-state index is 5.98. The third kappa shape index (κ3) is 5.61. The SMILES string of the molecule is c1ccc2cc(-c3nc(-c4ccc(-c5ccc(-c6nc7ccccc7o6)cc5)cc4)cc(-c4ccc(-c5nc6ccccc6s5)cc4)n3)ccc2c1. The molecule has 0 N–H and O–H groups in total. The molecule has 0 fully saturated rings. The van der Waals surface area contributed by atoms with Crippen LogP contribution >= 0.6 is 11.3 Å². The van der Waals surface area contributed by atoms with E-state index in [1.807, 2.05) is 30.3 Å². The minimum Gasteiger partial charge on any atom is -0.436 e. The summed E-state index contributed by atoms with van der Waals surface area (Å²) in [5, 5.41) is 3.35. The molecular weight excluding hydrogens is 657 g/mol. The molecule has 0 radical (unpaired) electrons. The van der Waals surface area contributed by atoms with Crippen LogP contribution in [0.15, 0.2) is 174 Å². The lowest BCUT2D eigenvalue weighted by atomic mass is 10.0. The largest absolute Gasteiger partial charge is 0.436 e. The van der Waals surface area contributed by atoms with E-state index < -0.39 is 0 Å². The van der Waals surface area contributed by atoms with Crippen LogP contribution in [0.2, 0.25) is 0 Å². The molecule has 3 heterocycles. The molecule has 0 aliphatic heterocycles. The Hall–Kier alpha value is -6.76. The predicted molar refractivity (Wildman–Crippen MR) is 213 cm³/mol. The van der Waals surface area contributed by atoms with Gasteiger partial charge in [0.25, 0.3) is 0 Å². The average molecular weight is 685 g/mol. The monoisotopic (exact) mass is 684 g/mol. The lowest BCUT2D eigenvalue weighted by Crippen LogP contribution is -1.96. The van der Waals surface area contributed by atoms with E-state index in [1.165, 1.54) is 10.1 Å². The zero-order chi connectivity index (χ0) is 34.4. The van der Waals surface area contributed by atoms with Gasteiger partial charge in [-0.05, 0) is 70.4 Å². The Kier molecular flexibility index (Phi) is 7.25. The molecule has 0 saturated carbocycles. The molecule has 10 rings (SSSR count). The number of aromatic nitrogens is 4. The number of fused-ring (bicyclic) bond motifs is 3. The van der Waals surface area contributed by atoms with Gasteiger partial charge in [0.05, 0.1) is 21.6 Å². The van der Waals surface area contributed by atoms with E-state index in [4.69, 9.17) is 19.4 Å². The van der Waals surface area contributed by atoms with Crippen molar-refractivity contribution in [1.82, 2.24) is 19.9 Å². The molecule has 0 aliphatic carbocycles. The van der Waals surface area contributed by atoms with E-state index in [2.05, 4.69) is 145 Å². The normalized spacial score (nSPS) is 11.5. The van der Waals surface area contributed by atoms with Crippen LogP contribution in [0.4, 0.5) is 0 Å². The van der Waals surface area contributed by atoms with E-state index >= 15 is 0 Å². The average Bonchev–Trinajstić information content (AvgIpc) is 3.86. The number of para-hydroxylation sites is 3. The van der Waals surface area contributed by atoms with Gasteiger partial charge in [-0.25, -0.2) is 19.9 Å². The van der Waals surface area contributed by atoms with Crippen LogP contribution in [0, 0.1) is 0 Å². The minimum atomic E-state index is 0.622. The lowest BCUT2D eigenvalue weighted by Gasteiger charge is -2.11. The number of hydrogen-bond donors (Lipinski definition) is 0.